The maximum Gasteiger partial charge on any atom is 0.146 e. The fourth-order valence-corrected chi connectivity index (χ4v) is 7.12. The van der Waals surface area contributed by atoms with Crippen LogP contribution in [0.3, 0.4) is 0 Å². The normalized spacial score (nSPS) is 53.1. The highest BCUT2D eigenvalue weighted by atomic mass is 16.7. The third-order valence-electron chi connectivity index (χ3n) is 8.25. The molecule has 0 radical (unpaired) electrons. The first kappa shape index (κ1) is 17.0. The van der Waals surface area contributed by atoms with Crippen molar-refractivity contribution in [2.24, 2.45) is 34.5 Å². The van der Waals surface area contributed by atoms with Crippen molar-refractivity contribution in [1.29, 1.82) is 0 Å². The third kappa shape index (κ3) is 2.05. The lowest BCUT2D eigenvalue weighted by Gasteiger charge is -2.53. The van der Waals surface area contributed by atoms with Gasteiger partial charge in [0.25, 0.3) is 0 Å². The summed E-state index contributed by atoms with van der Waals surface area (Å²) in [5, 5.41) is 0. The number of ketones is 1. The van der Waals surface area contributed by atoms with E-state index in [9.17, 15) is 4.79 Å². The van der Waals surface area contributed by atoms with Gasteiger partial charge >= 0.3 is 0 Å². The molecule has 8 atom stereocenters. The highest BCUT2D eigenvalue weighted by Crippen LogP contribution is 2.77. The van der Waals surface area contributed by atoms with Gasteiger partial charge in [0.05, 0.1) is 12.2 Å². The molecule has 0 heterocycles. The van der Waals surface area contributed by atoms with Crippen molar-refractivity contribution < 1.29 is 19.0 Å². The van der Waals surface area contributed by atoms with Crippen LogP contribution in [-0.2, 0) is 19.0 Å². The molecule has 0 aromatic carbocycles. The van der Waals surface area contributed by atoms with Gasteiger partial charge in [0.2, 0.25) is 0 Å². The van der Waals surface area contributed by atoms with Gasteiger partial charge in [-0.3, -0.25) is 4.79 Å². The van der Waals surface area contributed by atoms with Crippen LogP contribution in [-0.4, -0.2) is 39.0 Å². The first-order valence-electron chi connectivity index (χ1n) is 9.68. The van der Waals surface area contributed by atoms with Crippen molar-refractivity contribution in [3.05, 3.63) is 0 Å². The Labute approximate surface area is 145 Å². The molecule has 2 unspecified atom stereocenters. The van der Waals surface area contributed by atoms with E-state index >= 15 is 0 Å². The van der Waals surface area contributed by atoms with Crippen LogP contribution in [0.1, 0.15) is 52.4 Å². The molecule has 0 amide bonds. The quantitative estimate of drug-likeness (QED) is 0.738. The van der Waals surface area contributed by atoms with Crippen LogP contribution in [0.4, 0.5) is 0 Å². The van der Waals surface area contributed by atoms with E-state index in [1.54, 1.807) is 7.11 Å². The van der Waals surface area contributed by atoms with Gasteiger partial charge in [0, 0.05) is 31.5 Å². The summed E-state index contributed by atoms with van der Waals surface area (Å²) in [4.78, 5) is 13.1. The van der Waals surface area contributed by atoms with Gasteiger partial charge in [-0.1, -0.05) is 13.8 Å². The number of Topliss-reactive ketones (excluding diaryl/α,β-unsaturated/α-hetero) is 1. The molecule has 4 aliphatic rings. The molecule has 136 valence electrons. The van der Waals surface area contributed by atoms with Gasteiger partial charge in [-0.15, -0.1) is 0 Å². The molecule has 0 saturated heterocycles. The van der Waals surface area contributed by atoms with Gasteiger partial charge in [-0.25, -0.2) is 0 Å². The van der Waals surface area contributed by atoms with Crippen molar-refractivity contribution in [3.8, 4) is 0 Å². The van der Waals surface area contributed by atoms with Crippen LogP contribution in [0.2, 0.25) is 0 Å². The summed E-state index contributed by atoms with van der Waals surface area (Å²) in [6.07, 6.45) is 7.20. The molecule has 4 nitrogen and oxygen atoms in total. The van der Waals surface area contributed by atoms with Gasteiger partial charge in [0.15, 0.2) is 0 Å². The number of carbonyl (C=O) groups excluding carboxylic acids is 1. The molecule has 0 aromatic heterocycles. The Morgan fingerprint density at radius 2 is 1.92 bits per heavy atom. The number of hydrogen-bond donors (Lipinski definition) is 0. The molecule has 1 spiro atoms. The summed E-state index contributed by atoms with van der Waals surface area (Å²) in [6, 6.07) is 0. The van der Waals surface area contributed by atoms with Crippen molar-refractivity contribution in [2.75, 3.05) is 21.0 Å². The molecule has 4 saturated carbocycles. The lowest BCUT2D eigenvalue weighted by atomic mass is 9.52. The van der Waals surface area contributed by atoms with E-state index in [-0.39, 0.29) is 34.9 Å². The fourth-order valence-electron chi connectivity index (χ4n) is 7.12. The second-order valence-electron chi connectivity index (χ2n) is 8.90. The molecule has 4 aliphatic carbocycles. The van der Waals surface area contributed by atoms with Gasteiger partial charge in [-0.05, 0) is 55.8 Å². The minimum absolute atomic E-state index is 0.0810. The van der Waals surface area contributed by atoms with Crippen LogP contribution < -0.4 is 0 Å². The zero-order valence-electron chi connectivity index (χ0n) is 15.5. The number of rotatable bonds is 4. The van der Waals surface area contributed by atoms with Crippen molar-refractivity contribution in [2.45, 2.75) is 64.6 Å². The monoisotopic (exact) mass is 336 g/mol. The minimum Gasteiger partial charge on any atom is -0.381 e. The molecule has 0 N–H and O–H groups in total. The fraction of sp³-hybridized carbons (Fsp3) is 0.950. The Balaban J connectivity index is 1.79. The molecule has 2 bridgehead atoms. The standard InChI is InChI=1S/C20H32O4/c1-12-9-16(24-11-22-3)20-10-14(20)5-7-19(13(2)17(12)21)8-6-15(23-4)18(19)20/h12-16,18H,5-11H2,1-4H3/t12-,13-,14-,15+,16+,18?,19?,20-/m0/s1. The topological polar surface area (TPSA) is 44.8 Å². The summed E-state index contributed by atoms with van der Waals surface area (Å²) in [5.74, 6) is 1.90. The second-order valence-corrected chi connectivity index (χ2v) is 8.90. The van der Waals surface area contributed by atoms with E-state index in [2.05, 4.69) is 13.8 Å². The zero-order chi connectivity index (χ0) is 17.1. The SMILES string of the molecule is COCO[C@@H]1C[C@H](C)C(=O)[C@H](C)C23CC[C@H]4C[C@]41C2[C@H](OC)CC3. The number of ether oxygens (including phenoxy) is 3. The summed E-state index contributed by atoms with van der Waals surface area (Å²) >= 11 is 0. The molecule has 0 aliphatic heterocycles. The lowest BCUT2D eigenvalue weighted by molar-refractivity contribution is -0.173. The summed E-state index contributed by atoms with van der Waals surface area (Å²) < 4.78 is 17.4. The highest BCUT2D eigenvalue weighted by Gasteiger charge is 2.75. The van der Waals surface area contributed by atoms with E-state index in [1.807, 2.05) is 7.11 Å². The van der Waals surface area contributed by atoms with Crippen molar-refractivity contribution in [3.63, 3.8) is 0 Å². The third-order valence-corrected chi connectivity index (χ3v) is 8.25. The van der Waals surface area contributed by atoms with E-state index < -0.39 is 0 Å². The number of carbonyl (C=O) groups is 1. The Morgan fingerprint density at radius 3 is 2.62 bits per heavy atom. The van der Waals surface area contributed by atoms with Crippen LogP contribution in [0.5, 0.6) is 0 Å². The maximum absolute atomic E-state index is 13.1. The predicted molar refractivity (Wildman–Crippen MR) is 90.4 cm³/mol. The van der Waals surface area contributed by atoms with E-state index in [1.165, 1.54) is 19.3 Å². The van der Waals surface area contributed by atoms with Gasteiger partial charge in [0.1, 0.15) is 12.6 Å². The first-order valence-corrected chi connectivity index (χ1v) is 9.68. The molecule has 4 rings (SSSR count). The van der Waals surface area contributed by atoms with Crippen molar-refractivity contribution >= 4 is 5.78 Å². The van der Waals surface area contributed by atoms with Crippen LogP contribution in [0.15, 0.2) is 0 Å². The van der Waals surface area contributed by atoms with Gasteiger partial charge in [-0.2, -0.15) is 0 Å². The molecular weight excluding hydrogens is 304 g/mol. The Hall–Kier alpha value is -0.450. The lowest BCUT2D eigenvalue weighted by Crippen LogP contribution is -2.55. The smallest absolute Gasteiger partial charge is 0.146 e. The maximum atomic E-state index is 13.1. The average Bonchev–Trinajstić information content (AvgIpc) is 3.21. The predicted octanol–water partition coefficient (Wildman–Crippen LogP) is 3.43. The Bertz CT molecular complexity index is 520. The van der Waals surface area contributed by atoms with Gasteiger partial charge < -0.3 is 14.2 Å². The van der Waals surface area contributed by atoms with E-state index in [0.717, 1.165) is 25.2 Å². The van der Waals surface area contributed by atoms with Crippen molar-refractivity contribution in [1.82, 2.24) is 0 Å². The Morgan fingerprint density at radius 1 is 1.17 bits per heavy atom. The molecule has 0 aromatic rings. The largest absolute Gasteiger partial charge is 0.381 e. The van der Waals surface area contributed by atoms with Crippen LogP contribution in [0.25, 0.3) is 0 Å². The van der Waals surface area contributed by atoms with Crippen LogP contribution in [0, 0.1) is 34.5 Å². The molecule has 4 heteroatoms. The number of hydrogen-bond acceptors (Lipinski definition) is 4. The average molecular weight is 336 g/mol. The van der Waals surface area contributed by atoms with Crippen LogP contribution >= 0.6 is 0 Å². The molecule has 24 heavy (non-hydrogen) atoms. The molecule has 4 fully saturated rings. The van der Waals surface area contributed by atoms with E-state index in [0.29, 0.717) is 18.5 Å². The summed E-state index contributed by atoms with van der Waals surface area (Å²) in [6.45, 7) is 4.63. The highest BCUT2D eigenvalue weighted by molar-refractivity contribution is 5.84. The summed E-state index contributed by atoms with van der Waals surface area (Å²) in [7, 11) is 3.53. The first-order chi connectivity index (χ1) is 11.5. The second kappa shape index (κ2) is 5.78. The number of methoxy groups -OCH3 is 2. The minimum atomic E-state index is 0.0810. The summed E-state index contributed by atoms with van der Waals surface area (Å²) in [5.41, 5.74) is 0.352. The Kier molecular flexibility index (Phi) is 4.09. The zero-order valence-corrected chi connectivity index (χ0v) is 15.5. The van der Waals surface area contributed by atoms with E-state index in [4.69, 9.17) is 14.2 Å². The molecular formula is C20H32O4.